The molecule has 9 heteroatoms. The van der Waals surface area contributed by atoms with Crippen molar-refractivity contribution in [1.82, 2.24) is 16.2 Å². The molecule has 2 aliphatic heterocycles. The van der Waals surface area contributed by atoms with Gasteiger partial charge in [-0.15, -0.1) is 0 Å². The molecule has 164 valence electrons. The largest absolute Gasteiger partial charge is 0.381 e. The summed E-state index contributed by atoms with van der Waals surface area (Å²) in [6, 6.07) is -0.803. The fourth-order valence-electron chi connectivity index (χ4n) is 3.81. The van der Waals surface area contributed by atoms with Gasteiger partial charge in [0.25, 0.3) is 0 Å². The zero-order chi connectivity index (χ0) is 21.1. The van der Waals surface area contributed by atoms with Gasteiger partial charge in [0, 0.05) is 24.9 Å². The Morgan fingerprint density at radius 3 is 2.38 bits per heavy atom. The monoisotopic (exact) mass is 426 g/mol. The van der Waals surface area contributed by atoms with Crippen LogP contribution in [0.4, 0.5) is 0 Å². The summed E-state index contributed by atoms with van der Waals surface area (Å²) in [6.45, 7) is 5.78. The molecule has 1 saturated heterocycles. The van der Waals surface area contributed by atoms with E-state index in [1.165, 1.54) is 11.8 Å². The Kier molecular flexibility index (Phi) is 10.5. The summed E-state index contributed by atoms with van der Waals surface area (Å²) in [5, 5.41) is 3.50. The number of nitrogens with zero attached hydrogens (tertiary/aromatic N) is 1. The molecule has 0 bridgehead atoms. The summed E-state index contributed by atoms with van der Waals surface area (Å²) in [5.41, 5.74) is 5.12. The van der Waals surface area contributed by atoms with E-state index in [0.29, 0.717) is 37.8 Å². The van der Waals surface area contributed by atoms with Crippen molar-refractivity contribution in [2.45, 2.75) is 64.8 Å². The molecule has 2 heterocycles. The number of ketones is 1. The quantitative estimate of drug-likeness (QED) is 0.457. The highest BCUT2D eigenvalue weighted by molar-refractivity contribution is 8.14. The lowest BCUT2D eigenvalue weighted by Crippen LogP contribution is -2.55. The Balaban J connectivity index is 0.00000145. The number of carbonyl (C=O) groups excluding carboxylic acids is 3. The third-order valence-electron chi connectivity index (χ3n) is 5.39. The minimum Gasteiger partial charge on any atom is -0.381 e. The molecule has 0 aromatic rings. The third kappa shape index (κ3) is 7.29. The number of nitrogens with one attached hydrogen (secondary N) is 3. The molecule has 0 aromatic heterocycles. The summed E-state index contributed by atoms with van der Waals surface area (Å²) in [7, 11) is 0. The predicted molar refractivity (Wildman–Crippen MR) is 114 cm³/mol. The van der Waals surface area contributed by atoms with Crippen molar-refractivity contribution in [2.24, 2.45) is 16.8 Å². The predicted octanol–water partition coefficient (Wildman–Crippen LogP) is 1.80. The third-order valence-corrected chi connectivity index (χ3v) is 6.28. The summed E-state index contributed by atoms with van der Waals surface area (Å²) < 4.78 is 5.37. The SMILES string of the molecule is CC.O=C(NNC1=NCCS1)C(=O)C(NC(=O)C1CCCCC1)C1CCOCC1. The molecule has 0 spiro atoms. The average molecular weight is 427 g/mol. The van der Waals surface area contributed by atoms with E-state index >= 15 is 0 Å². The smallest absolute Gasteiger partial charge is 0.307 e. The first-order valence-electron chi connectivity index (χ1n) is 10.8. The summed E-state index contributed by atoms with van der Waals surface area (Å²) in [6.07, 6.45) is 6.25. The average Bonchev–Trinajstić information content (AvgIpc) is 3.31. The Hall–Kier alpha value is -1.61. The van der Waals surface area contributed by atoms with Gasteiger partial charge in [-0.05, 0) is 31.6 Å². The second-order valence-electron chi connectivity index (χ2n) is 7.25. The van der Waals surface area contributed by atoms with Gasteiger partial charge in [-0.25, -0.2) is 0 Å². The van der Waals surface area contributed by atoms with E-state index in [0.717, 1.165) is 37.9 Å². The molecule has 1 unspecified atom stereocenters. The molecule has 29 heavy (non-hydrogen) atoms. The van der Waals surface area contributed by atoms with Crippen LogP contribution >= 0.6 is 11.8 Å². The Labute approximate surface area is 177 Å². The molecule has 0 aromatic carbocycles. The fraction of sp³-hybridized carbons (Fsp3) is 0.800. The van der Waals surface area contributed by atoms with E-state index in [9.17, 15) is 14.4 Å². The van der Waals surface area contributed by atoms with Crippen molar-refractivity contribution in [2.75, 3.05) is 25.5 Å². The first kappa shape index (κ1) is 23.7. The van der Waals surface area contributed by atoms with Gasteiger partial charge in [-0.1, -0.05) is 44.9 Å². The standard InChI is InChI=1S/C18H28N4O4S.C2H6/c23-15(17(25)21-22-18-19-8-11-27-18)14(12-6-9-26-10-7-12)20-16(24)13-4-2-1-3-5-13;1-2/h12-14H,1-11H2,(H,19,22)(H,20,24)(H,21,25);1-2H3. The highest BCUT2D eigenvalue weighted by Gasteiger charge is 2.36. The first-order chi connectivity index (χ1) is 14.1. The van der Waals surface area contributed by atoms with Crippen LogP contribution in [0.25, 0.3) is 0 Å². The van der Waals surface area contributed by atoms with Crippen LogP contribution in [0.2, 0.25) is 0 Å². The Morgan fingerprint density at radius 1 is 1.07 bits per heavy atom. The zero-order valence-electron chi connectivity index (χ0n) is 17.5. The highest BCUT2D eigenvalue weighted by atomic mass is 32.2. The maximum Gasteiger partial charge on any atom is 0.307 e. The topological polar surface area (TPSA) is 109 Å². The number of Topliss-reactive ketones (excluding diaryl/α,β-unsaturated/α-hetero) is 1. The van der Waals surface area contributed by atoms with E-state index in [4.69, 9.17) is 4.74 Å². The van der Waals surface area contributed by atoms with Gasteiger partial charge in [0.15, 0.2) is 5.17 Å². The summed E-state index contributed by atoms with van der Waals surface area (Å²) in [4.78, 5) is 42.0. The van der Waals surface area contributed by atoms with Crippen LogP contribution in [0.1, 0.15) is 58.8 Å². The van der Waals surface area contributed by atoms with Crippen molar-refractivity contribution in [3.63, 3.8) is 0 Å². The second kappa shape index (κ2) is 12.8. The normalized spacial score (nSPS) is 21.2. The summed E-state index contributed by atoms with van der Waals surface area (Å²) in [5.74, 6) is -0.736. The van der Waals surface area contributed by atoms with Gasteiger partial charge in [-0.3, -0.25) is 30.2 Å². The van der Waals surface area contributed by atoms with Gasteiger partial charge in [0.1, 0.15) is 6.04 Å². The second-order valence-corrected chi connectivity index (χ2v) is 8.33. The number of rotatable bonds is 5. The molecule has 3 rings (SSSR count). The van der Waals surface area contributed by atoms with Crippen LogP contribution in [0, 0.1) is 11.8 Å². The lowest BCUT2D eigenvalue weighted by atomic mass is 9.85. The zero-order valence-corrected chi connectivity index (χ0v) is 18.3. The number of hydrogen-bond acceptors (Lipinski definition) is 7. The summed E-state index contributed by atoms with van der Waals surface area (Å²) >= 11 is 1.49. The van der Waals surface area contributed by atoms with Gasteiger partial charge in [-0.2, -0.15) is 0 Å². The Bertz CT molecular complexity index is 587. The van der Waals surface area contributed by atoms with Gasteiger partial charge in [0.2, 0.25) is 11.7 Å². The molecule has 1 saturated carbocycles. The van der Waals surface area contributed by atoms with Gasteiger partial charge < -0.3 is 10.1 Å². The number of aliphatic imine (C=N–C) groups is 1. The van der Waals surface area contributed by atoms with Crippen LogP contribution in [-0.2, 0) is 19.1 Å². The van der Waals surface area contributed by atoms with Crippen LogP contribution < -0.4 is 16.2 Å². The van der Waals surface area contributed by atoms with Crippen molar-refractivity contribution in [3.05, 3.63) is 0 Å². The Morgan fingerprint density at radius 2 is 1.76 bits per heavy atom. The maximum atomic E-state index is 12.8. The number of hydrogen-bond donors (Lipinski definition) is 3. The molecular weight excluding hydrogens is 392 g/mol. The van der Waals surface area contributed by atoms with Crippen LogP contribution in [-0.4, -0.2) is 54.3 Å². The van der Waals surface area contributed by atoms with E-state index in [-0.39, 0.29) is 17.7 Å². The van der Waals surface area contributed by atoms with Crippen LogP contribution in [0.15, 0.2) is 4.99 Å². The fourth-order valence-corrected chi connectivity index (χ4v) is 4.49. The van der Waals surface area contributed by atoms with Gasteiger partial charge >= 0.3 is 5.91 Å². The number of amides is 2. The van der Waals surface area contributed by atoms with E-state index in [2.05, 4.69) is 21.2 Å². The molecule has 3 N–H and O–H groups in total. The lowest BCUT2D eigenvalue weighted by Gasteiger charge is -2.31. The molecule has 0 radical (unpaired) electrons. The molecule has 8 nitrogen and oxygen atoms in total. The minimum atomic E-state index is -0.803. The number of amidine groups is 1. The van der Waals surface area contributed by atoms with E-state index in [1.807, 2.05) is 13.8 Å². The number of carbonyl (C=O) groups is 3. The molecule has 2 amide bonds. The number of ether oxygens (including phenoxy) is 1. The van der Waals surface area contributed by atoms with Crippen molar-refractivity contribution in [3.8, 4) is 0 Å². The lowest BCUT2D eigenvalue weighted by molar-refractivity contribution is -0.142. The molecular formula is C20H34N4O4S. The highest BCUT2D eigenvalue weighted by Crippen LogP contribution is 2.25. The molecule has 3 aliphatic rings. The van der Waals surface area contributed by atoms with Crippen LogP contribution in [0.3, 0.4) is 0 Å². The number of thioether (sulfide) groups is 1. The number of hydrazine groups is 1. The first-order valence-corrected chi connectivity index (χ1v) is 11.8. The molecule has 2 fully saturated rings. The van der Waals surface area contributed by atoms with Crippen LogP contribution in [0.5, 0.6) is 0 Å². The maximum absolute atomic E-state index is 12.8. The minimum absolute atomic E-state index is 0.0562. The molecule has 1 aliphatic carbocycles. The van der Waals surface area contributed by atoms with E-state index < -0.39 is 17.7 Å². The van der Waals surface area contributed by atoms with E-state index in [1.54, 1.807) is 0 Å². The van der Waals surface area contributed by atoms with Crippen molar-refractivity contribution >= 4 is 34.5 Å². The van der Waals surface area contributed by atoms with Crippen molar-refractivity contribution in [1.29, 1.82) is 0 Å². The van der Waals surface area contributed by atoms with Crippen molar-refractivity contribution < 1.29 is 19.1 Å². The molecule has 1 atom stereocenters. The van der Waals surface area contributed by atoms with Gasteiger partial charge in [0.05, 0.1) is 6.54 Å².